The number of pyridine rings is 1. The molecular formula is C13H21N3. The minimum absolute atomic E-state index is 0.674. The molecule has 0 aromatic carbocycles. The van der Waals surface area contributed by atoms with Crippen LogP contribution in [-0.2, 0) is 6.54 Å². The second kappa shape index (κ2) is 5.41. The average molecular weight is 219 g/mol. The number of hydrogen-bond acceptors (Lipinski definition) is 3. The summed E-state index contributed by atoms with van der Waals surface area (Å²) in [7, 11) is 2.04. The Labute approximate surface area is 97.9 Å². The highest BCUT2D eigenvalue weighted by molar-refractivity contribution is 5.09. The van der Waals surface area contributed by atoms with E-state index in [1.54, 1.807) is 0 Å². The molecule has 0 bridgehead atoms. The molecule has 3 nitrogen and oxygen atoms in total. The fraction of sp³-hybridized carbons (Fsp3) is 0.615. The standard InChI is InChI=1S/C13H21N3/c1-11-13(9-14-2)5-7-16(11)10-12-4-3-6-15-8-12/h3-4,6,8,11,13-14H,5,7,9-10H2,1-2H3. The van der Waals surface area contributed by atoms with Crippen molar-refractivity contribution in [1.82, 2.24) is 15.2 Å². The van der Waals surface area contributed by atoms with Crippen LogP contribution < -0.4 is 5.32 Å². The van der Waals surface area contributed by atoms with Crippen molar-refractivity contribution in [3.05, 3.63) is 30.1 Å². The minimum Gasteiger partial charge on any atom is -0.319 e. The Kier molecular flexibility index (Phi) is 3.91. The van der Waals surface area contributed by atoms with Gasteiger partial charge in [-0.1, -0.05) is 6.07 Å². The number of nitrogens with zero attached hydrogens (tertiary/aromatic N) is 2. The molecule has 0 saturated carbocycles. The highest BCUT2D eigenvalue weighted by atomic mass is 15.2. The summed E-state index contributed by atoms with van der Waals surface area (Å²) in [4.78, 5) is 6.72. The summed E-state index contributed by atoms with van der Waals surface area (Å²) in [6, 6.07) is 4.85. The summed E-state index contributed by atoms with van der Waals surface area (Å²) < 4.78 is 0. The third kappa shape index (κ3) is 2.60. The molecule has 0 amide bonds. The number of aromatic nitrogens is 1. The lowest BCUT2D eigenvalue weighted by Gasteiger charge is -2.24. The van der Waals surface area contributed by atoms with Crippen molar-refractivity contribution in [2.45, 2.75) is 25.9 Å². The van der Waals surface area contributed by atoms with Gasteiger partial charge in [0.2, 0.25) is 0 Å². The average Bonchev–Trinajstić information content (AvgIpc) is 2.64. The summed E-state index contributed by atoms with van der Waals surface area (Å²) >= 11 is 0. The fourth-order valence-electron chi connectivity index (χ4n) is 2.56. The number of nitrogens with one attached hydrogen (secondary N) is 1. The highest BCUT2D eigenvalue weighted by Gasteiger charge is 2.29. The molecule has 88 valence electrons. The molecule has 1 aliphatic rings. The van der Waals surface area contributed by atoms with Crippen LogP contribution in [0.4, 0.5) is 0 Å². The summed E-state index contributed by atoms with van der Waals surface area (Å²) in [6.45, 7) is 5.72. The molecule has 3 heteroatoms. The monoisotopic (exact) mass is 219 g/mol. The third-order valence-electron chi connectivity index (χ3n) is 3.62. The zero-order valence-corrected chi connectivity index (χ0v) is 10.2. The Bertz CT molecular complexity index is 312. The first-order chi connectivity index (χ1) is 7.81. The van der Waals surface area contributed by atoms with Crippen molar-refractivity contribution < 1.29 is 0 Å². The van der Waals surface area contributed by atoms with Gasteiger partial charge < -0.3 is 5.32 Å². The van der Waals surface area contributed by atoms with Gasteiger partial charge in [0.1, 0.15) is 0 Å². The molecule has 0 aliphatic carbocycles. The van der Waals surface area contributed by atoms with Gasteiger partial charge in [0, 0.05) is 25.0 Å². The van der Waals surface area contributed by atoms with E-state index in [2.05, 4.69) is 28.2 Å². The van der Waals surface area contributed by atoms with E-state index < -0.39 is 0 Å². The van der Waals surface area contributed by atoms with E-state index in [9.17, 15) is 0 Å². The molecule has 1 aromatic rings. The molecule has 2 atom stereocenters. The minimum atomic E-state index is 0.674. The number of rotatable bonds is 4. The molecule has 2 heterocycles. The molecule has 1 fully saturated rings. The molecule has 16 heavy (non-hydrogen) atoms. The summed E-state index contributed by atoms with van der Waals surface area (Å²) in [6.07, 6.45) is 5.11. The van der Waals surface area contributed by atoms with Gasteiger partial charge in [-0.15, -0.1) is 0 Å². The van der Waals surface area contributed by atoms with Gasteiger partial charge in [0.15, 0.2) is 0 Å². The molecule has 0 spiro atoms. The molecule has 2 unspecified atom stereocenters. The van der Waals surface area contributed by atoms with E-state index in [1.807, 2.05) is 25.5 Å². The Morgan fingerprint density at radius 2 is 2.44 bits per heavy atom. The maximum Gasteiger partial charge on any atom is 0.0312 e. The first-order valence-electron chi connectivity index (χ1n) is 6.09. The van der Waals surface area contributed by atoms with Crippen molar-refractivity contribution in [3.63, 3.8) is 0 Å². The van der Waals surface area contributed by atoms with Gasteiger partial charge in [-0.2, -0.15) is 0 Å². The molecule has 1 N–H and O–H groups in total. The van der Waals surface area contributed by atoms with Gasteiger partial charge in [-0.05, 0) is 51.0 Å². The predicted octanol–water partition coefficient (Wildman–Crippen LogP) is 1.51. The van der Waals surface area contributed by atoms with Crippen LogP contribution in [0.2, 0.25) is 0 Å². The van der Waals surface area contributed by atoms with Crippen LogP contribution in [0, 0.1) is 5.92 Å². The Morgan fingerprint density at radius 1 is 1.56 bits per heavy atom. The van der Waals surface area contributed by atoms with Crippen molar-refractivity contribution in [2.24, 2.45) is 5.92 Å². The second-order valence-corrected chi connectivity index (χ2v) is 4.68. The first kappa shape index (κ1) is 11.6. The zero-order valence-electron chi connectivity index (χ0n) is 10.2. The predicted molar refractivity (Wildman–Crippen MR) is 66.1 cm³/mol. The quantitative estimate of drug-likeness (QED) is 0.832. The smallest absolute Gasteiger partial charge is 0.0312 e. The Hall–Kier alpha value is -0.930. The second-order valence-electron chi connectivity index (χ2n) is 4.68. The van der Waals surface area contributed by atoms with Crippen LogP contribution in [0.25, 0.3) is 0 Å². The lowest BCUT2D eigenvalue weighted by atomic mass is 10.0. The fourth-order valence-corrected chi connectivity index (χ4v) is 2.56. The van der Waals surface area contributed by atoms with E-state index in [0.717, 1.165) is 19.0 Å². The van der Waals surface area contributed by atoms with Crippen molar-refractivity contribution in [2.75, 3.05) is 20.1 Å². The van der Waals surface area contributed by atoms with Crippen LogP contribution in [0.3, 0.4) is 0 Å². The van der Waals surface area contributed by atoms with E-state index >= 15 is 0 Å². The Morgan fingerprint density at radius 3 is 3.12 bits per heavy atom. The van der Waals surface area contributed by atoms with E-state index in [1.165, 1.54) is 18.5 Å². The van der Waals surface area contributed by atoms with E-state index in [-0.39, 0.29) is 0 Å². The number of hydrogen-bond donors (Lipinski definition) is 1. The summed E-state index contributed by atoms with van der Waals surface area (Å²) in [5, 5.41) is 3.29. The maximum atomic E-state index is 4.17. The first-order valence-corrected chi connectivity index (χ1v) is 6.09. The van der Waals surface area contributed by atoms with Crippen LogP contribution in [0.1, 0.15) is 18.9 Å². The van der Waals surface area contributed by atoms with Gasteiger partial charge in [0.05, 0.1) is 0 Å². The van der Waals surface area contributed by atoms with Gasteiger partial charge >= 0.3 is 0 Å². The van der Waals surface area contributed by atoms with Gasteiger partial charge in [-0.25, -0.2) is 0 Å². The third-order valence-corrected chi connectivity index (χ3v) is 3.62. The van der Waals surface area contributed by atoms with Crippen molar-refractivity contribution in [1.29, 1.82) is 0 Å². The normalized spacial score (nSPS) is 26.1. The molecule has 1 aliphatic heterocycles. The molecule has 2 rings (SSSR count). The lowest BCUT2D eigenvalue weighted by Crippen LogP contribution is -2.33. The van der Waals surface area contributed by atoms with Crippen LogP contribution in [-0.4, -0.2) is 36.1 Å². The number of likely N-dealkylation sites (tertiary alicyclic amines) is 1. The largest absolute Gasteiger partial charge is 0.319 e. The summed E-state index contributed by atoms with van der Waals surface area (Å²) in [5.41, 5.74) is 1.32. The zero-order chi connectivity index (χ0) is 11.4. The van der Waals surface area contributed by atoms with Crippen LogP contribution >= 0.6 is 0 Å². The molecule has 0 radical (unpaired) electrons. The van der Waals surface area contributed by atoms with E-state index in [4.69, 9.17) is 0 Å². The van der Waals surface area contributed by atoms with Crippen molar-refractivity contribution in [3.8, 4) is 0 Å². The topological polar surface area (TPSA) is 28.2 Å². The van der Waals surface area contributed by atoms with E-state index in [0.29, 0.717) is 6.04 Å². The van der Waals surface area contributed by atoms with Crippen LogP contribution in [0.15, 0.2) is 24.5 Å². The lowest BCUT2D eigenvalue weighted by molar-refractivity contribution is 0.232. The highest BCUT2D eigenvalue weighted by Crippen LogP contribution is 2.24. The Balaban J connectivity index is 1.92. The molecule has 1 aromatic heterocycles. The van der Waals surface area contributed by atoms with Gasteiger partial charge in [0.25, 0.3) is 0 Å². The molecular weight excluding hydrogens is 198 g/mol. The maximum absolute atomic E-state index is 4.17. The SMILES string of the molecule is CNCC1CCN(Cc2cccnc2)C1C. The van der Waals surface area contributed by atoms with Gasteiger partial charge in [-0.3, -0.25) is 9.88 Å². The molecule has 1 saturated heterocycles. The van der Waals surface area contributed by atoms with Crippen molar-refractivity contribution >= 4 is 0 Å². The summed E-state index contributed by atoms with van der Waals surface area (Å²) in [5.74, 6) is 0.793. The van der Waals surface area contributed by atoms with Crippen LogP contribution in [0.5, 0.6) is 0 Å².